The van der Waals surface area contributed by atoms with Gasteiger partial charge in [0.1, 0.15) is 8.64 Å². The lowest BCUT2D eigenvalue weighted by Crippen LogP contribution is -2.47. The van der Waals surface area contributed by atoms with Gasteiger partial charge in [-0.3, -0.25) is 14.6 Å². The number of anilines is 4. The first kappa shape index (κ1) is 58.8. The maximum Gasteiger partial charge on any atom is 0.178 e. The molecule has 15 heteroatoms. The van der Waals surface area contributed by atoms with Gasteiger partial charge in [-0.1, -0.05) is 117 Å². The minimum Gasteiger partial charge on any atom is -0.399 e. The Balaban J connectivity index is 0.999. The van der Waals surface area contributed by atoms with E-state index in [1.54, 1.807) is 35.7 Å². The van der Waals surface area contributed by atoms with Crippen molar-refractivity contribution in [3.63, 3.8) is 0 Å². The number of hydrogen-bond acceptors (Lipinski definition) is 13. The number of thiocarbonyl (C=S) groups is 2. The van der Waals surface area contributed by atoms with E-state index in [1.165, 1.54) is 59.7 Å². The molecule has 428 valence electrons. The molecule has 0 aromatic heterocycles. The molecule has 6 aromatic carbocycles. The van der Waals surface area contributed by atoms with Crippen LogP contribution in [-0.4, -0.2) is 122 Å². The Morgan fingerprint density at radius 2 is 1.07 bits per heavy atom. The van der Waals surface area contributed by atoms with Crippen LogP contribution >= 0.6 is 71.5 Å². The van der Waals surface area contributed by atoms with Gasteiger partial charge in [0, 0.05) is 96.7 Å². The number of thioether (sulfide) groups is 4. The lowest BCUT2D eigenvalue weighted by atomic mass is 9.74. The number of carbonyl (C=O) groups is 1. The molecule has 3 aliphatic carbocycles. The fourth-order valence-electron chi connectivity index (χ4n) is 12.9. The number of piperazine rings is 2. The SMILES string of the molecule is CCSCCCCN1CCN(C(=S)Sc2c3cc(N)ccc3c(C3C[C@@H]4C=C[C@H](C4)C(=Cc4c5ccc(N)cc5c(SC(=S)N5CCN(CCCCSC(C)C)CC5)c5cc(N)ccc45)C3=C3C=CC(=O)C=C3)c3ccc(N)cc23)CC1. The molecule has 6 aromatic rings. The standard InChI is InChI=1S/C67H78N8OS6/c1-4-79-33-7-5-23-72-25-29-75(30-26-72)67(78)82-65-59-39-48(70)15-21-53(59)63(54-22-16-49(71)40-60(54)65)61-36-43-9-10-45(35-43)55(62(61)44-11-17-50(76)18-12-44)41-56-51-19-13-46(68)37-57(51)64(58-38-47(69)14-20-52(56)58)81-66(77)74-31-27-73(28-32-74)24-6-8-34-80-42(2)3/h9-22,37-43,45,61H,4-8,23-36,68-71H2,1-3H3/t43-,45-,61?/m1/s1. The van der Waals surface area contributed by atoms with E-state index in [0.717, 1.165) is 151 Å². The highest BCUT2D eigenvalue weighted by Gasteiger charge is 2.38. The van der Waals surface area contributed by atoms with Gasteiger partial charge in [-0.25, -0.2) is 0 Å². The number of nitrogens with zero attached hydrogens (tertiary/aromatic N) is 4. The lowest BCUT2D eigenvalue weighted by Gasteiger charge is -2.36. The van der Waals surface area contributed by atoms with Crippen LogP contribution in [0.25, 0.3) is 49.2 Å². The van der Waals surface area contributed by atoms with E-state index in [1.807, 2.05) is 48.2 Å². The molecular formula is C67H78N8OS6. The number of nitrogen functional groups attached to an aromatic ring is 4. The molecular weight excluding hydrogens is 1130 g/mol. The third kappa shape index (κ3) is 13.1. The zero-order chi connectivity index (χ0) is 57.0. The minimum atomic E-state index is -0.0963. The summed E-state index contributed by atoms with van der Waals surface area (Å²) in [6.45, 7) is 16.7. The largest absolute Gasteiger partial charge is 0.399 e. The van der Waals surface area contributed by atoms with Crippen LogP contribution in [-0.2, 0) is 4.79 Å². The molecule has 2 aliphatic heterocycles. The van der Waals surface area contributed by atoms with Crippen LogP contribution in [0.5, 0.6) is 0 Å². The van der Waals surface area contributed by atoms with Gasteiger partial charge in [0.05, 0.1) is 0 Å². The molecule has 8 N–H and O–H groups in total. The minimum absolute atomic E-state index is 0.0181. The van der Waals surface area contributed by atoms with E-state index in [4.69, 9.17) is 47.4 Å². The zero-order valence-corrected chi connectivity index (χ0v) is 52.6. The number of ketones is 1. The average Bonchev–Trinajstić information content (AvgIpc) is 4.06. The Bertz CT molecular complexity index is 3450. The van der Waals surface area contributed by atoms with E-state index in [9.17, 15) is 4.79 Å². The van der Waals surface area contributed by atoms with Gasteiger partial charge in [-0.2, -0.15) is 23.5 Å². The Labute approximate surface area is 513 Å². The van der Waals surface area contributed by atoms with Gasteiger partial charge < -0.3 is 32.7 Å². The van der Waals surface area contributed by atoms with Gasteiger partial charge in [0.2, 0.25) is 0 Å². The molecule has 0 radical (unpaired) electrons. The lowest BCUT2D eigenvalue weighted by molar-refractivity contribution is -0.110. The molecule has 5 aliphatic rings. The number of nitrogens with two attached hydrogens (primary N) is 4. The van der Waals surface area contributed by atoms with Gasteiger partial charge in [-0.05, 0) is 218 Å². The molecule has 1 unspecified atom stereocenters. The summed E-state index contributed by atoms with van der Waals surface area (Å²) in [5.41, 5.74) is 35.8. The molecule has 1 saturated carbocycles. The first-order valence-electron chi connectivity index (χ1n) is 29.5. The number of benzene rings is 6. The predicted molar refractivity (Wildman–Crippen MR) is 369 cm³/mol. The second-order valence-electron chi connectivity index (χ2n) is 22.9. The first-order valence-corrected chi connectivity index (χ1v) is 34.2. The average molecular weight is 1200 g/mol. The molecule has 9 nitrogen and oxygen atoms in total. The van der Waals surface area contributed by atoms with Crippen molar-refractivity contribution in [2.75, 3.05) is 106 Å². The van der Waals surface area contributed by atoms with Gasteiger partial charge in [-0.15, -0.1) is 0 Å². The number of allylic oxidation sites excluding steroid dienone is 9. The van der Waals surface area contributed by atoms with Crippen LogP contribution in [0.3, 0.4) is 0 Å². The number of carbonyl (C=O) groups excluding carboxylic acids is 1. The number of unbranched alkanes of at least 4 members (excludes halogenated alkanes) is 2. The van der Waals surface area contributed by atoms with Crippen LogP contribution in [0.4, 0.5) is 22.7 Å². The number of hydrogen-bond donors (Lipinski definition) is 4. The monoisotopic (exact) mass is 1200 g/mol. The normalized spacial score (nSPS) is 20.3. The molecule has 2 bridgehead atoms. The summed E-state index contributed by atoms with van der Waals surface area (Å²) >= 11 is 20.2. The van der Waals surface area contributed by atoms with E-state index >= 15 is 0 Å². The summed E-state index contributed by atoms with van der Waals surface area (Å²) in [7, 11) is 0. The molecule has 3 fully saturated rings. The molecule has 0 spiro atoms. The molecule has 2 saturated heterocycles. The Morgan fingerprint density at radius 3 is 1.56 bits per heavy atom. The maximum atomic E-state index is 13.1. The summed E-state index contributed by atoms with van der Waals surface area (Å²) in [5.74, 6) is 3.95. The third-order valence-electron chi connectivity index (χ3n) is 17.1. The smallest absolute Gasteiger partial charge is 0.178 e. The highest BCUT2D eigenvalue weighted by molar-refractivity contribution is 8.23. The third-order valence-corrected chi connectivity index (χ3v) is 22.4. The van der Waals surface area contributed by atoms with Gasteiger partial charge in [0.15, 0.2) is 5.78 Å². The Kier molecular flexibility index (Phi) is 19.0. The van der Waals surface area contributed by atoms with E-state index < -0.39 is 0 Å². The topological polar surface area (TPSA) is 134 Å². The second kappa shape index (κ2) is 26.5. The van der Waals surface area contributed by atoms with Crippen molar-refractivity contribution in [3.8, 4) is 0 Å². The van der Waals surface area contributed by atoms with Crippen molar-refractivity contribution in [1.29, 1.82) is 0 Å². The molecule has 82 heavy (non-hydrogen) atoms. The van der Waals surface area contributed by atoms with Crippen molar-refractivity contribution < 1.29 is 4.79 Å². The van der Waals surface area contributed by atoms with Crippen molar-refractivity contribution in [2.24, 2.45) is 11.8 Å². The number of fused-ring (bicyclic) bond motifs is 6. The summed E-state index contributed by atoms with van der Waals surface area (Å²) in [6, 6.07) is 25.5. The van der Waals surface area contributed by atoms with E-state index in [-0.39, 0.29) is 17.6 Å². The van der Waals surface area contributed by atoms with Crippen LogP contribution in [0.2, 0.25) is 0 Å². The first-order chi connectivity index (χ1) is 39.8. The van der Waals surface area contributed by atoms with Crippen molar-refractivity contribution in [3.05, 3.63) is 137 Å². The fourth-order valence-corrected chi connectivity index (χ4v) is 17.4. The fraction of sp³-hybridized carbons (Fsp3) is 0.388. The van der Waals surface area contributed by atoms with Crippen molar-refractivity contribution >= 4 is 158 Å². The van der Waals surface area contributed by atoms with Gasteiger partial charge in [0.25, 0.3) is 0 Å². The quantitative estimate of drug-likeness (QED) is 0.0183. The van der Waals surface area contributed by atoms with E-state index in [2.05, 4.69) is 119 Å². The highest BCUT2D eigenvalue weighted by Crippen LogP contribution is 2.55. The predicted octanol–water partition coefficient (Wildman–Crippen LogP) is 14.8. The second-order valence-corrected chi connectivity index (χ2v) is 29.3. The molecule has 3 atom stereocenters. The van der Waals surface area contributed by atoms with Crippen LogP contribution in [0, 0.1) is 11.8 Å². The summed E-state index contributed by atoms with van der Waals surface area (Å²) in [6.07, 6.45) is 21.7. The van der Waals surface area contributed by atoms with Crippen LogP contribution in [0.15, 0.2) is 136 Å². The van der Waals surface area contributed by atoms with Crippen LogP contribution < -0.4 is 22.9 Å². The van der Waals surface area contributed by atoms with Crippen molar-refractivity contribution in [2.45, 2.75) is 80.3 Å². The molecule has 2 heterocycles. The summed E-state index contributed by atoms with van der Waals surface area (Å²) < 4.78 is 1.74. The van der Waals surface area contributed by atoms with Crippen LogP contribution in [0.1, 0.15) is 76.3 Å². The Morgan fingerprint density at radius 1 is 0.598 bits per heavy atom. The summed E-state index contributed by atoms with van der Waals surface area (Å²) in [4.78, 5) is 25.2. The summed E-state index contributed by atoms with van der Waals surface area (Å²) in [5, 5.41) is 9.40. The zero-order valence-electron chi connectivity index (χ0n) is 47.7. The van der Waals surface area contributed by atoms with Crippen molar-refractivity contribution in [1.82, 2.24) is 19.6 Å². The molecule has 11 rings (SSSR count). The number of rotatable bonds is 16. The Hall–Kier alpha value is -4.97. The highest BCUT2D eigenvalue weighted by atomic mass is 32.2. The van der Waals surface area contributed by atoms with Gasteiger partial charge >= 0.3 is 0 Å². The van der Waals surface area contributed by atoms with E-state index in [0.29, 0.717) is 33.9 Å². The molecule has 0 amide bonds. The maximum absolute atomic E-state index is 13.1.